The Hall–Kier alpha value is -2.39. The minimum Gasteiger partial charge on any atom is -0.497 e. The van der Waals surface area contributed by atoms with Gasteiger partial charge in [0.2, 0.25) is 5.91 Å². The van der Waals surface area contributed by atoms with Gasteiger partial charge in [0.05, 0.1) is 11.8 Å². The Kier molecular flexibility index (Phi) is 6.41. The van der Waals surface area contributed by atoms with E-state index in [0.717, 1.165) is 57.8 Å². The highest BCUT2D eigenvalue weighted by molar-refractivity contribution is 9.11. The molecule has 34 heavy (non-hydrogen) atoms. The van der Waals surface area contributed by atoms with Crippen molar-refractivity contribution < 1.29 is 14.3 Å². The summed E-state index contributed by atoms with van der Waals surface area (Å²) < 4.78 is 9.09. The Morgan fingerprint density at radius 2 is 2.00 bits per heavy atom. The van der Waals surface area contributed by atoms with E-state index < -0.39 is 0 Å². The van der Waals surface area contributed by atoms with E-state index in [1.165, 1.54) is 11.3 Å². The standard InChI is InChI=1S/C25H29BrN4O3S/c1-3-10-27-22(31)18-14-25(18)8-11-29(12-9-25)23(32)19-13-20-21(28-24(26)34-20)30(19)15-16-4-6-17(33-2)7-5-16/h4-7,13,18H,3,8-12,14-15H2,1-2H3,(H,27,31). The molecule has 2 aliphatic rings. The van der Waals surface area contributed by atoms with Crippen LogP contribution in [0.3, 0.4) is 0 Å². The number of nitrogens with zero attached hydrogens (tertiary/aromatic N) is 3. The van der Waals surface area contributed by atoms with Gasteiger partial charge >= 0.3 is 0 Å². The number of rotatable bonds is 7. The fourth-order valence-corrected chi connectivity index (χ4v) is 6.53. The van der Waals surface area contributed by atoms with Gasteiger partial charge in [-0.05, 0) is 70.8 Å². The second-order valence-corrected chi connectivity index (χ2v) is 11.6. The number of amides is 2. The van der Waals surface area contributed by atoms with Crippen molar-refractivity contribution in [2.45, 2.75) is 39.2 Å². The number of fused-ring (bicyclic) bond motifs is 1. The van der Waals surface area contributed by atoms with Crippen molar-refractivity contribution in [2.24, 2.45) is 11.3 Å². The van der Waals surface area contributed by atoms with Crippen molar-refractivity contribution in [2.75, 3.05) is 26.7 Å². The maximum Gasteiger partial charge on any atom is 0.270 e. The van der Waals surface area contributed by atoms with E-state index in [-0.39, 0.29) is 23.1 Å². The predicted octanol–water partition coefficient (Wildman–Crippen LogP) is 4.69. The van der Waals surface area contributed by atoms with Gasteiger partial charge < -0.3 is 19.5 Å². The number of hydrogen-bond acceptors (Lipinski definition) is 5. The van der Waals surface area contributed by atoms with E-state index in [0.29, 0.717) is 25.3 Å². The first-order valence-corrected chi connectivity index (χ1v) is 13.4. The SMILES string of the molecule is CCCNC(=O)C1CC12CCN(C(=O)c1cc3sc(Br)nc3n1Cc1ccc(OC)cc1)CC2. The van der Waals surface area contributed by atoms with E-state index in [4.69, 9.17) is 4.74 Å². The molecule has 3 aromatic rings. The molecule has 2 amide bonds. The molecule has 0 radical (unpaired) electrons. The summed E-state index contributed by atoms with van der Waals surface area (Å²) in [6.07, 6.45) is 3.68. The maximum atomic E-state index is 13.6. The molecule has 5 rings (SSSR count). The molecule has 0 bridgehead atoms. The smallest absolute Gasteiger partial charge is 0.270 e. The van der Waals surface area contributed by atoms with Crippen molar-refractivity contribution in [3.05, 3.63) is 45.5 Å². The van der Waals surface area contributed by atoms with Crippen LogP contribution in [0.15, 0.2) is 34.2 Å². The summed E-state index contributed by atoms with van der Waals surface area (Å²) in [6.45, 7) is 4.74. The molecule has 1 saturated carbocycles. The number of halogens is 1. The molecule has 9 heteroatoms. The number of piperidine rings is 1. The van der Waals surface area contributed by atoms with Crippen LogP contribution in [0.4, 0.5) is 0 Å². The minimum atomic E-state index is 0.0392. The number of carbonyl (C=O) groups excluding carboxylic acids is 2. The monoisotopic (exact) mass is 544 g/mol. The number of thiazole rings is 1. The average molecular weight is 546 g/mol. The number of hydrogen-bond donors (Lipinski definition) is 1. The van der Waals surface area contributed by atoms with Crippen LogP contribution in [-0.2, 0) is 11.3 Å². The van der Waals surface area contributed by atoms with Gasteiger partial charge in [-0.25, -0.2) is 4.98 Å². The fraction of sp³-hybridized carbons (Fsp3) is 0.480. The second-order valence-electron chi connectivity index (χ2n) is 9.32. The summed E-state index contributed by atoms with van der Waals surface area (Å²) >= 11 is 5.02. The first kappa shape index (κ1) is 23.4. The number of likely N-dealkylation sites (tertiary alicyclic amines) is 1. The molecule has 7 nitrogen and oxygen atoms in total. The molecule has 1 spiro atoms. The Bertz CT molecular complexity index is 1210. The summed E-state index contributed by atoms with van der Waals surface area (Å²) in [7, 11) is 1.65. The summed E-state index contributed by atoms with van der Waals surface area (Å²) in [5.41, 5.74) is 2.65. The Morgan fingerprint density at radius 3 is 2.68 bits per heavy atom. The first-order chi connectivity index (χ1) is 16.4. The lowest BCUT2D eigenvalue weighted by molar-refractivity contribution is -0.123. The van der Waals surface area contributed by atoms with Crippen molar-refractivity contribution in [1.82, 2.24) is 19.8 Å². The Labute approximate surface area is 211 Å². The average Bonchev–Trinajstić information content (AvgIpc) is 3.27. The highest BCUT2D eigenvalue weighted by Crippen LogP contribution is 2.59. The van der Waals surface area contributed by atoms with Gasteiger partial charge in [-0.15, -0.1) is 11.3 Å². The molecule has 1 aliphatic heterocycles. The van der Waals surface area contributed by atoms with E-state index >= 15 is 0 Å². The van der Waals surface area contributed by atoms with Crippen molar-refractivity contribution >= 4 is 49.4 Å². The van der Waals surface area contributed by atoms with Crippen LogP contribution in [0.2, 0.25) is 0 Å². The third kappa shape index (κ3) is 4.35. The van der Waals surface area contributed by atoms with Gasteiger partial charge in [0, 0.05) is 32.1 Å². The lowest BCUT2D eigenvalue weighted by Crippen LogP contribution is -2.41. The number of aromatic nitrogens is 2. The number of benzene rings is 1. The molecule has 180 valence electrons. The Balaban J connectivity index is 1.32. The van der Waals surface area contributed by atoms with E-state index in [1.807, 2.05) is 39.8 Å². The topological polar surface area (TPSA) is 76.5 Å². The molecule has 1 atom stereocenters. The molecular formula is C25H29BrN4O3S. The highest BCUT2D eigenvalue weighted by Gasteiger charge is 2.58. The molecule has 3 heterocycles. The zero-order chi connectivity index (χ0) is 23.9. The first-order valence-electron chi connectivity index (χ1n) is 11.8. The van der Waals surface area contributed by atoms with Crippen LogP contribution in [0.5, 0.6) is 5.75 Å². The highest BCUT2D eigenvalue weighted by atomic mass is 79.9. The molecular weight excluding hydrogens is 516 g/mol. The van der Waals surface area contributed by atoms with Gasteiger partial charge in [-0.1, -0.05) is 19.1 Å². The van der Waals surface area contributed by atoms with Crippen LogP contribution in [0.1, 0.15) is 48.7 Å². The van der Waals surface area contributed by atoms with E-state index in [9.17, 15) is 9.59 Å². The number of methoxy groups -OCH3 is 1. The molecule has 2 fully saturated rings. The van der Waals surface area contributed by atoms with Crippen molar-refractivity contribution in [3.63, 3.8) is 0 Å². The van der Waals surface area contributed by atoms with Gasteiger partial charge in [0.15, 0.2) is 9.56 Å². The van der Waals surface area contributed by atoms with Crippen LogP contribution in [0.25, 0.3) is 10.3 Å². The molecule has 1 aromatic carbocycles. The number of carbonyl (C=O) groups is 2. The van der Waals surface area contributed by atoms with Gasteiger partial charge in [0.25, 0.3) is 5.91 Å². The predicted molar refractivity (Wildman–Crippen MR) is 136 cm³/mol. The number of nitrogens with one attached hydrogen (secondary N) is 1. The zero-order valence-corrected chi connectivity index (χ0v) is 21.9. The lowest BCUT2D eigenvalue weighted by atomic mass is 9.90. The quantitative estimate of drug-likeness (QED) is 0.468. The van der Waals surface area contributed by atoms with Crippen LogP contribution in [-0.4, -0.2) is 53.0 Å². The normalized spacial score (nSPS) is 18.9. The Morgan fingerprint density at radius 1 is 1.26 bits per heavy atom. The van der Waals surface area contributed by atoms with Crippen LogP contribution >= 0.6 is 27.3 Å². The summed E-state index contributed by atoms with van der Waals surface area (Å²) in [5, 5.41) is 3.04. The van der Waals surface area contributed by atoms with Crippen molar-refractivity contribution in [1.29, 1.82) is 0 Å². The van der Waals surface area contributed by atoms with E-state index in [2.05, 4.69) is 33.2 Å². The summed E-state index contributed by atoms with van der Waals surface area (Å²) in [6, 6.07) is 9.86. The third-order valence-electron chi connectivity index (χ3n) is 7.24. The summed E-state index contributed by atoms with van der Waals surface area (Å²) in [5.74, 6) is 1.14. The van der Waals surface area contributed by atoms with Gasteiger partial charge in [-0.3, -0.25) is 9.59 Å². The summed E-state index contributed by atoms with van der Waals surface area (Å²) in [4.78, 5) is 32.6. The maximum absolute atomic E-state index is 13.6. The molecule has 2 aromatic heterocycles. The molecule has 1 unspecified atom stereocenters. The minimum absolute atomic E-state index is 0.0392. The second kappa shape index (κ2) is 9.34. The zero-order valence-electron chi connectivity index (χ0n) is 19.5. The molecule has 1 saturated heterocycles. The van der Waals surface area contributed by atoms with Crippen LogP contribution in [0, 0.1) is 11.3 Å². The van der Waals surface area contributed by atoms with Crippen molar-refractivity contribution in [3.8, 4) is 5.75 Å². The van der Waals surface area contributed by atoms with Gasteiger partial charge in [-0.2, -0.15) is 0 Å². The third-order valence-corrected chi connectivity index (χ3v) is 8.69. The van der Waals surface area contributed by atoms with E-state index in [1.54, 1.807) is 7.11 Å². The lowest BCUT2D eigenvalue weighted by Gasteiger charge is -2.33. The largest absolute Gasteiger partial charge is 0.497 e. The van der Waals surface area contributed by atoms with Gasteiger partial charge in [0.1, 0.15) is 11.4 Å². The number of ether oxygens (including phenoxy) is 1. The van der Waals surface area contributed by atoms with Crippen LogP contribution < -0.4 is 10.1 Å². The molecule has 1 N–H and O–H groups in total. The fourth-order valence-electron chi connectivity index (χ4n) is 5.11. The molecule has 1 aliphatic carbocycles.